The van der Waals surface area contributed by atoms with E-state index in [1.807, 2.05) is 0 Å². The zero-order valence-electron chi connectivity index (χ0n) is 11.6. The number of phenolic OH excluding ortho intramolecular Hbond substituents is 1. The molecule has 1 heterocycles. The summed E-state index contributed by atoms with van der Waals surface area (Å²) >= 11 is 5.97. The lowest BCUT2D eigenvalue weighted by Crippen LogP contribution is -1.98. The van der Waals surface area contributed by atoms with Gasteiger partial charge in [0.05, 0.1) is 0 Å². The van der Waals surface area contributed by atoms with Gasteiger partial charge in [-0.25, -0.2) is 18.7 Å². The second kappa shape index (κ2) is 6.18. The molecule has 0 bridgehead atoms. The van der Waals surface area contributed by atoms with Crippen molar-refractivity contribution in [1.29, 1.82) is 0 Å². The van der Waals surface area contributed by atoms with Crippen LogP contribution in [0, 0.1) is 11.6 Å². The number of benzene rings is 2. The third kappa shape index (κ3) is 3.54. The first-order valence-corrected chi connectivity index (χ1v) is 6.95. The summed E-state index contributed by atoms with van der Waals surface area (Å²) in [4.78, 5) is 8.35. The van der Waals surface area contributed by atoms with Crippen LogP contribution in [0.25, 0.3) is 11.4 Å². The highest BCUT2D eigenvalue weighted by atomic mass is 35.5. The van der Waals surface area contributed by atoms with Crippen molar-refractivity contribution < 1.29 is 13.9 Å². The summed E-state index contributed by atoms with van der Waals surface area (Å²) in [5.74, 6) is -0.917. The van der Waals surface area contributed by atoms with E-state index in [9.17, 15) is 13.9 Å². The van der Waals surface area contributed by atoms with E-state index < -0.39 is 11.6 Å². The Morgan fingerprint density at radius 1 is 0.957 bits per heavy atom. The molecule has 2 N–H and O–H groups in total. The highest BCUT2D eigenvalue weighted by Crippen LogP contribution is 2.25. The summed E-state index contributed by atoms with van der Waals surface area (Å²) in [6.07, 6.45) is 0. The molecule has 116 valence electrons. The van der Waals surface area contributed by atoms with E-state index in [4.69, 9.17) is 11.6 Å². The van der Waals surface area contributed by atoms with Gasteiger partial charge in [0.15, 0.2) is 17.4 Å². The van der Waals surface area contributed by atoms with Gasteiger partial charge in [0.25, 0.3) is 0 Å². The van der Waals surface area contributed by atoms with E-state index in [2.05, 4.69) is 15.3 Å². The van der Waals surface area contributed by atoms with Gasteiger partial charge in [0, 0.05) is 23.4 Å². The molecule has 0 saturated carbocycles. The van der Waals surface area contributed by atoms with Crippen molar-refractivity contribution in [1.82, 2.24) is 9.97 Å². The molecule has 1 aromatic heterocycles. The Morgan fingerprint density at radius 2 is 1.70 bits per heavy atom. The number of aromatic nitrogens is 2. The minimum atomic E-state index is -0.756. The maximum Gasteiger partial charge on any atom is 0.166 e. The number of hydrogen-bond acceptors (Lipinski definition) is 4. The fraction of sp³-hybridized carbons (Fsp3) is 0. The van der Waals surface area contributed by atoms with Crippen LogP contribution in [0.2, 0.25) is 5.15 Å². The average Bonchev–Trinajstić information content (AvgIpc) is 2.51. The number of hydrogen-bond donors (Lipinski definition) is 2. The van der Waals surface area contributed by atoms with Gasteiger partial charge in [0.1, 0.15) is 16.8 Å². The topological polar surface area (TPSA) is 58.0 Å². The monoisotopic (exact) mass is 333 g/mol. The Labute approximate surface area is 135 Å². The predicted molar refractivity (Wildman–Crippen MR) is 83.8 cm³/mol. The number of nitrogens with one attached hydrogen (secondary N) is 1. The zero-order valence-corrected chi connectivity index (χ0v) is 12.4. The van der Waals surface area contributed by atoms with Crippen molar-refractivity contribution in [3.63, 3.8) is 0 Å². The zero-order chi connectivity index (χ0) is 16.4. The second-order valence-corrected chi connectivity index (χ2v) is 5.08. The van der Waals surface area contributed by atoms with Crippen molar-refractivity contribution in [2.75, 3.05) is 5.32 Å². The van der Waals surface area contributed by atoms with Gasteiger partial charge in [-0.2, -0.15) is 0 Å². The van der Waals surface area contributed by atoms with Crippen LogP contribution in [0.1, 0.15) is 0 Å². The molecule has 0 fully saturated rings. The first-order chi connectivity index (χ1) is 11.0. The third-order valence-corrected chi connectivity index (χ3v) is 3.21. The summed E-state index contributed by atoms with van der Waals surface area (Å²) in [5.41, 5.74) is 0.981. The number of rotatable bonds is 3. The molecule has 0 aliphatic heterocycles. The summed E-state index contributed by atoms with van der Waals surface area (Å²) in [7, 11) is 0. The van der Waals surface area contributed by atoms with Crippen molar-refractivity contribution in [2.45, 2.75) is 0 Å². The van der Waals surface area contributed by atoms with Crippen LogP contribution in [0.4, 0.5) is 20.3 Å². The SMILES string of the molecule is Oc1ccc(Nc2cc(Cl)nc(-c3ccc(F)cc3)n2)cc1F. The van der Waals surface area contributed by atoms with Crippen LogP contribution in [0.15, 0.2) is 48.5 Å². The van der Waals surface area contributed by atoms with Gasteiger partial charge < -0.3 is 10.4 Å². The van der Waals surface area contributed by atoms with Gasteiger partial charge in [-0.15, -0.1) is 0 Å². The van der Waals surface area contributed by atoms with Crippen molar-refractivity contribution in [2.24, 2.45) is 0 Å². The number of phenols is 1. The van der Waals surface area contributed by atoms with Crippen molar-refractivity contribution in [3.05, 3.63) is 65.3 Å². The van der Waals surface area contributed by atoms with Crippen LogP contribution in [0.3, 0.4) is 0 Å². The van der Waals surface area contributed by atoms with Crippen molar-refractivity contribution in [3.8, 4) is 17.1 Å². The van der Waals surface area contributed by atoms with Crippen LogP contribution >= 0.6 is 11.6 Å². The van der Waals surface area contributed by atoms with Gasteiger partial charge in [-0.3, -0.25) is 0 Å². The van der Waals surface area contributed by atoms with Crippen LogP contribution in [-0.2, 0) is 0 Å². The first kappa shape index (κ1) is 15.2. The van der Waals surface area contributed by atoms with Gasteiger partial charge in [-0.1, -0.05) is 11.6 Å². The second-order valence-electron chi connectivity index (χ2n) is 4.70. The lowest BCUT2D eigenvalue weighted by Gasteiger charge is -2.08. The van der Waals surface area contributed by atoms with Gasteiger partial charge >= 0.3 is 0 Å². The van der Waals surface area contributed by atoms with Gasteiger partial charge in [0.2, 0.25) is 0 Å². The molecule has 3 rings (SSSR count). The molecule has 2 aromatic carbocycles. The van der Waals surface area contributed by atoms with Gasteiger partial charge in [-0.05, 0) is 36.4 Å². The fourth-order valence-electron chi connectivity index (χ4n) is 1.94. The molecule has 3 aromatic rings. The molecular formula is C16H10ClF2N3O. The molecule has 0 amide bonds. The quantitative estimate of drug-likeness (QED) is 0.546. The molecule has 0 aliphatic carbocycles. The lowest BCUT2D eigenvalue weighted by molar-refractivity contribution is 0.432. The van der Waals surface area contributed by atoms with E-state index in [1.165, 1.54) is 42.5 Å². The third-order valence-electron chi connectivity index (χ3n) is 3.02. The van der Waals surface area contributed by atoms with Crippen LogP contribution < -0.4 is 5.32 Å². The molecule has 0 unspecified atom stereocenters. The van der Waals surface area contributed by atoms with E-state index in [1.54, 1.807) is 0 Å². The molecule has 4 nitrogen and oxygen atoms in total. The molecule has 0 radical (unpaired) electrons. The van der Waals surface area contributed by atoms with E-state index in [0.29, 0.717) is 22.9 Å². The molecular weight excluding hydrogens is 324 g/mol. The largest absolute Gasteiger partial charge is 0.505 e. The van der Waals surface area contributed by atoms with Crippen LogP contribution in [0.5, 0.6) is 5.75 Å². The molecule has 7 heteroatoms. The maximum atomic E-state index is 13.4. The molecule has 23 heavy (non-hydrogen) atoms. The summed E-state index contributed by atoms with van der Waals surface area (Å²) in [5, 5.41) is 12.2. The number of anilines is 2. The summed E-state index contributed by atoms with van der Waals surface area (Å²) in [6, 6.07) is 11.0. The van der Waals surface area contributed by atoms with E-state index in [-0.39, 0.29) is 11.0 Å². The van der Waals surface area contributed by atoms with Crippen LogP contribution in [-0.4, -0.2) is 15.1 Å². The Morgan fingerprint density at radius 3 is 2.39 bits per heavy atom. The lowest BCUT2D eigenvalue weighted by atomic mass is 10.2. The smallest absolute Gasteiger partial charge is 0.166 e. The first-order valence-electron chi connectivity index (χ1n) is 6.57. The minimum absolute atomic E-state index is 0.182. The number of halogens is 3. The van der Waals surface area contributed by atoms with E-state index >= 15 is 0 Å². The predicted octanol–water partition coefficient (Wildman–Crippen LogP) is 4.52. The summed E-state index contributed by atoms with van der Waals surface area (Å²) in [6.45, 7) is 0. The average molecular weight is 334 g/mol. The standard InChI is InChI=1S/C16H10ClF2N3O/c17-14-8-15(20-11-5-6-13(23)12(19)7-11)22-16(21-14)9-1-3-10(18)4-2-9/h1-8,23H,(H,20,21,22). The summed E-state index contributed by atoms with van der Waals surface area (Å²) < 4.78 is 26.3. The molecule has 0 aliphatic rings. The highest BCUT2D eigenvalue weighted by molar-refractivity contribution is 6.29. The minimum Gasteiger partial charge on any atom is -0.505 e. The number of nitrogens with zero attached hydrogens (tertiary/aromatic N) is 2. The molecule has 0 spiro atoms. The molecule has 0 atom stereocenters. The maximum absolute atomic E-state index is 13.4. The highest BCUT2D eigenvalue weighted by Gasteiger charge is 2.08. The number of aromatic hydroxyl groups is 1. The van der Waals surface area contributed by atoms with Crippen molar-refractivity contribution >= 4 is 23.1 Å². The Balaban J connectivity index is 1.93. The Kier molecular flexibility index (Phi) is 4.08. The van der Waals surface area contributed by atoms with E-state index in [0.717, 1.165) is 6.07 Å². The Bertz CT molecular complexity index is 856. The Hall–Kier alpha value is -2.73. The normalized spacial score (nSPS) is 10.6. The molecule has 0 saturated heterocycles. The fourth-order valence-corrected chi connectivity index (χ4v) is 2.13.